The molecule has 1 rings (SSSR count). The summed E-state index contributed by atoms with van der Waals surface area (Å²) in [4.78, 5) is 19.0. The van der Waals surface area contributed by atoms with E-state index in [1.807, 2.05) is 0 Å². The van der Waals surface area contributed by atoms with Crippen LogP contribution in [0.5, 0.6) is 0 Å². The molecule has 0 amide bonds. The highest BCUT2D eigenvalue weighted by atomic mass is 16.3. The van der Waals surface area contributed by atoms with E-state index < -0.39 is 0 Å². The van der Waals surface area contributed by atoms with E-state index in [2.05, 4.69) is 0 Å². The van der Waals surface area contributed by atoms with Gasteiger partial charge < -0.3 is 5.11 Å². The molecule has 0 aromatic heterocycles. The van der Waals surface area contributed by atoms with Gasteiger partial charge in [-0.2, -0.15) is 0 Å². The van der Waals surface area contributed by atoms with Gasteiger partial charge in [0.15, 0.2) is 0 Å². The van der Waals surface area contributed by atoms with Crippen LogP contribution in [0.1, 0.15) is 38.5 Å². The minimum atomic E-state index is -0.250. The van der Waals surface area contributed by atoms with Crippen molar-refractivity contribution in [1.82, 2.24) is 0 Å². The minimum Gasteiger partial charge on any atom is -0.483 e. The van der Waals surface area contributed by atoms with Crippen LogP contribution < -0.4 is 0 Å². The van der Waals surface area contributed by atoms with E-state index in [1.54, 1.807) is 0 Å². The standard InChI is InChI=1S/C7H12O.CH2O2/c8-7-5-3-1-2-4-6-7;2-1-3/h1-6H2;1H,(H,2,3). The Morgan fingerprint density at radius 3 is 1.82 bits per heavy atom. The molecular formula is C8H14O3. The van der Waals surface area contributed by atoms with E-state index >= 15 is 0 Å². The van der Waals surface area contributed by atoms with Gasteiger partial charge in [0.05, 0.1) is 0 Å². The fraction of sp³-hybridized carbons (Fsp3) is 0.750. The lowest BCUT2D eigenvalue weighted by molar-refractivity contribution is -0.123. The van der Waals surface area contributed by atoms with E-state index in [9.17, 15) is 4.79 Å². The smallest absolute Gasteiger partial charge is 0.290 e. The summed E-state index contributed by atoms with van der Waals surface area (Å²) in [5.41, 5.74) is 0. The molecule has 64 valence electrons. The monoisotopic (exact) mass is 158 g/mol. The molecule has 0 bridgehead atoms. The van der Waals surface area contributed by atoms with Gasteiger partial charge in [0, 0.05) is 12.8 Å². The molecule has 0 aromatic rings. The predicted molar refractivity (Wildman–Crippen MR) is 41.4 cm³/mol. The van der Waals surface area contributed by atoms with Gasteiger partial charge in [-0.15, -0.1) is 0 Å². The molecule has 0 unspecified atom stereocenters. The summed E-state index contributed by atoms with van der Waals surface area (Å²) in [6.45, 7) is -0.250. The third-order valence-electron chi connectivity index (χ3n) is 1.66. The van der Waals surface area contributed by atoms with Crippen LogP contribution in [0.2, 0.25) is 0 Å². The van der Waals surface area contributed by atoms with E-state index in [1.165, 1.54) is 12.8 Å². The second-order valence-corrected chi connectivity index (χ2v) is 2.56. The van der Waals surface area contributed by atoms with Crippen molar-refractivity contribution in [1.29, 1.82) is 0 Å². The normalized spacial score (nSPS) is 17.6. The van der Waals surface area contributed by atoms with Crippen LogP contribution in [0.3, 0.4) is 0 Å². The Hall–Kier alpha value is -0.860. The zero-order valence-corrected chi connectivity index (χ0v) is 6.58. The summed E-state index contributed by atoms with van der Waals surface area (Å²) in [6.07, 6.45) is 6.51. The number of hydrogen-bond acceptors (Lipinski definition) is 2. The molecule has 0 spiro atoms. The number of ketones is 1. The van der Waals surface area contributed by atoms with Gasteiger partial charge in [0.2, 0.25) is 0 Å². The summed E-state index contributed by atoms with van der Waals surface area (Å²) in [6, 6.07) is 0. The maximum Gasteiger partial charge on any atom is 0.290 e. The Morgan fingerprint density at radius 1 is 1.09 bits per heavy atom. The molecule has 11 heavy (non-hydrogen) atoms. The lowest BCUT2D eigenvalue weighted by Crippen LogP contribution is -1.91. The molecule has 0 heterocycles. The quantitative estimate of drug-likeness (QED) is 0.430. The van der Waals surface area contributed by atoms with E-state index in [-0.39, 0.29) is 6.47 Å². The molecule has 1 fully saturated rings. The van der Waals surface area contributed by atoms with Crippen LogP contribution in [0.4, 0.5) is 0 Å². The predicted octanol–water partition coefficient (Wildman–Crippen LogP) is 1.61. The SMILES string of the molecule is O=C1CCCCCC1.O=CO. The van der Waals surface area contributed by atoms with Crippen LogP contribution in [0.25, 0.3) is 0 Å². The van der Waals surface area contributed by atoms with Gasteiger partial charge in [-0.3, -0.25) is 9.59 Å². The summed E-state index contributed by atoms with van der Waals surface area (Å²) < 4.78 is 0. The molecule has 3 nitrogen and oxygen atoms in total. The van der Waals surface area contributed by atoms with Gasteiger partial charge in [-0.1, -0.05) is 12.8 Å². The zero-order valence-electron chi connectivity index (χ0n) is 6.58. The molecule has 1 saturated carbocycles. The van der Waals surface area contributed by atoms with Crippen LogP contribution in [0.15, 0.2) is 0 Å². The Labute approximate surface area is 66.4 Å². The second kappa shape index (κ2) is 7.25. The largest absolute Gasteiger partial charge is 0.483 e. The summed E-state index contributed by atoms with van der Waals surface area (Å²) in [7, 11) is 0. The van der Waals surface area contributed by atoms with Crippen molar-refractivity contribution in [3.05, 3.63) is 0 Å². The molecular weight excluding hydrogens is 144 g/mol. The van der Waals surface area contributed by atoms with Crippen LogP contribution in [-0.4, -0.2) is 17.4 Å². The third-order valence-corrected chi connectivity index (χ3v) is 1.66. The van der Waals surface area contributed by atoms with Crippen LogP contribution >= 0.6 is 0 Å². The van der Waals surface area contributed by atoms with Crippen molar-refractivity contribution in [2.24, 2.45) is 0 Å². The van der Waals surface area contributed by atoms with Crippen LogP contribution in [-0.2, 0) is 9.59 Å². The van der Waals surface area contributed by atoms with Gasteiger partial charge >= 0.3 is 0 Å². The molecule has 1 N–H and O–H groups in total. The number of hydrogen-bond donors (Lipinski definition) is 1. The highest BCUT2D eigenvalue weighted by Crippen LogP contribution is 2.12. The third kappa shape index (κ3) is 7.03. The molecule has 0 saturated heterocycles. The maximum atomic E-state index is 10.7. The van der Waals surface area contributed by atoms with Crippen molar-refractivity contribution in [2.75, 3.05) is 0 Å². The Bertz CT molecular complexity index is 111. The summed E-state index contributed by atoms with van der Waals surface area (Å²) in [5.74, 6) is 0.475. The molecule has 1 aliphatic rings. The first kappa shape index (κ1) is 10.1. The van der Waals surface area contributed by atoms with Crippen molar-refractivity contribution < 1.29 is 14.7 Å². The lowest BCUT2D eigenvalue weighted by Gasteiger charge is -1.87. The number of rotatable bonds is 0. The van der Waals surface area contributed by atoms with E-state index in [0.29, 0.717) is 5.78 Å². The number of carboxylic acid groups (broad SMARTS) is 1. The summed E-state index contributed by atoms with van der Waals surface area (Å²) >= 11 is 0. The van der Waals surface area contributed by atoms with Gasteiger partial charge in [0.1, 0.15) is 5.78 Å². The Kier molecular flexibility index (Phi) is 6.68. The Balaban J connectivity index is 0.000000292. The molecule has 1 aliphatic carbocycles. The van der Waals surface area contributed by atoms with Crippen molar-refractivity contribution in [3.8, 4) is 0 Å². The average molecular weight is 158 g/mol. The van der Waals surface area contributed by atoms with E-state index in [4.69, 9.17) is 9.90 Å². The van der Waals surface area contributed by atoms with E-state index in [0.717, 1.165) is 25.7 Å². The summed E-state index contributed by atoms with van der Waals surface area (Å²) in [5, 5.41) is 6.89. The lowest BCUT2D eigenvalue weighted by atomic mass is 10.2. The topological polar surface area (TPSA) is 54.4 Å². The maximum absolute atomic E-state index is 10.7. The average Bonchev–Trinajstić information content (AvgIpc) is 2.18. The molecule has 0 aromatic carbocycles. The van der Waals surface area contributed by atoms with Gasteiger partial charge in [0.25, 0.3) is 6.47 Å². The fourth-order valence-electron chi connectivity index (χ4n) is 1.12. The van der Waals surface area contributed by atoms with Crippen molar-refractivity contribution in [3.63, 3.8) is 0 Å². The number of Topliss-reactive ketones (excluding diaryl/α,β-unsaturated/α-hetero) is 1. The van der Waals surface area contributed by atoms with Gasteiger partial charge in [-0.05, 0) is 12.8 Å². The van der Waals surface area contributed by atoms with Gasteiger partial charge in [-0.25, -0.2) is 0 Å². The zero-order chi connectivity index (χ0) is 8.53. The number of carbonyl (C=O) groups is 2. The first-order valence-corrected chi connectivity index (χ1v) is 3.91. The first-order valence-electron chi connectivity index (χ1n) is 3.91. The van der Waals surface area contributed by atoms with Crippen molar-refractivity contribution >= 4 is 12.3 Å². The highest BCUT2D eigenvalue weighted by molar-refractivity contribution is 5.78. The fourth-order valence-corrected chi connectivity index (χ4v) is 1.12. The molecule has 0 atom stereocenters. The number of carbonyl (C=O) groups excluding carboxylic acids is 1. The molecule has 0 aliphatic heterocycles. The molecule has 3 heteroatoms. The Morgan fingerprint density at radius 2 is 1.45 bits per heavy atom. The molecule has 0 radical (unpaired) electrons. The van der Waals surface area contributed by atoms with Crippen LogP contribution in [0, 0.1) is 0 Å². The minimum absolute atomic E-state index is 0.250. The highest BCUT2D eigenvalue weighted by Gasteiger charge is 2.04. The second-order valence-electron chi connectivity index (χ2n) is 2.56. The van der Waals surface area contributed by atoms with Crippen molar-refractivity contribution in [2.45, 2.75) is 38.5 Å². The first-order chi connectivity index (χ1) is 5.31.